The molecule has 0 amide bonds. The summed E-state index contributed by atoms with van der Waals surface area (Å²) in [6, 6.07) is 71.0. The Morgan fingerprint density at radius 2 is 0.828 bits per heavy atom. The maximum absolute atomic E-state index is 5.19. The van der Waals surface area contributed by atoms with Crippen molar-refractivity contribution in [2.75, 3.05) is 0 Å². The third-order valence-corrected chi connectivity index (χ3v) is 11.5. The predicted octanol–water partition coefficient (Wildman–Crippen LogP) is 13.4. The van der Waals surface area contributed by atoms with Gasteiger partial charge in [-0.1, -0.05) is 152 Å². The molecular formula is C53H33N5. The monoisotopic (exact) mass is 739 g/mol. The number of hydrogen-bond acceptors (Lipinski definition) is 3. The van der Waals surface area contributed by atoms with E-state index in [1.54, 1.807) is 0 Å². The highest BCUT2D eigenvalue weighted by Gasteiger charge is 2.23. The Labute approximate surface area is 333 Å². The molecule has 3 heterocycles. The van der Waals surface area contributed by atoms with Crippen LogP contribution >= 0.6 is 0 Å². The molecule has 5 heteroatoms. The minimum atomic E-state index is 0.615. The maximum Gasteiger partial charge on any atom is 0.166 e. The number of hydrogen-bond donors (Lipinski definition) is 0. The lowest BCUT2D eigenvalue weighted by atomic mass is 10.0. The number of benzene rings is 9. The van der Waals surface area contributed by atoms with Crippen LogP contribution in [0.3, 0.4) is 0 Å². The molecule has 0 saturated heterocycles. The first-order chi connectivity index (χ1) is 28.8. The van der Waals surface area contributed by atoms with Gasteiger partial charge in [0.05, 0.1) is 33.4 Å². The Hall–Kier alpha value is -7.89. The fourth-order valence-electron chi connectivity index (χ4n) is 8.97. The Morgan fingerprint density at radius 3 is 1.59 bits per heavy atom. The zero-order valence-corrected chi connectivity index (χ0v) is 31.3. The molecule has 9 aromatic carbocycles. The van der Waals surface area contributed by atoms with Crippen LogP contribution in [0.4, 0.5) is 0 Å². The highest BCUT2D eigenvalue weighted by Crippen LogP contribution is 2.43. The Balaban J connectivity index is 1.18. The molecule has 0 fully saturated rings. The first kappa shape index (κ1) is 32.4. The number of rotatable bonds is 5. The summed E-state index contributed by atoms with van der Waals surface area (Å²) in [7, 11) is 0. The highest BCUT2D eigenvalue weighted by atomic mass is 15.1. The van der Waals surface area contributed by atoms with Gasteiger partial charge in [0.1, 0.15) is 0 Å². The summed E-state index contributed by atoms with van der Waals surface area (Å²) in [5, 5.41) is 9.73. The van der Waals surface area contributed by atoms with Gasteiger partial charge in [-0.2, -0.15) is 0 Å². The molecule has 5 nitrogen and oxygen atoms in total. The summed E-state index contributed by atoms with van der Waals surface area (Å²) in [5.41, 5.74) is 9.49. The van der Waals surface area contributed by atoms with Gasteiger partial charge in [0.25, 0.3) is 0 Å². The smallest absolute Gasteiger partial charge is 0.166 e. The van der Waals surface area contributed by atoms with E-state index >= 15 is 0 Å². The SMILES string of the molecule is c1ccc(-c2nc(-c3ccccc3)nc(-c3ccccc3-n3c4cc5ccccc5cc4c4c(-n5c6ccccc6c6c7ccccc7ccc65)cccc43)n2)cc1. The van der Waals surface area contributed by atoms with Gasteiger partial charge in [-0.05, 0) is 70.1 Å². The summed E-state index contributed by atoms with van der Waals surface area (Å²) in [4.78, 5) is 15.4. The third-order valence-electron chi connectivity index (χ3n) is 11.5. The lowest BCUT2D eigenvalue weighted by molar-refractivity contribution is 1.06. The molecule has 58 heavy (non-hydrogen) atoms. The molecule has 0 unspecified atom stereocenters. The summed E-state index contributed by atoms with van der Waals surface area (Å²) < 4.78 is 4.88. The molecule has 12 rings (SSSR count). The van der Waals surface area contributed by atoms with Crippen molar-refractivity contribution >= 4 is 65.2 Å². The van der Waals surface area contributed by atoms with Crippen LogP contribution in [0.5, 0.6) is 0 Å². The van der Waals surface area contributed by atoms with Crippen molar-refractivity contribution in [2.45, 2.75) is 0 Å². The molecule has 0 bridgehead atoms. The zero-order valence-electron chi connectivity index (χ0n) is 31.3. The largest absolute Gasteiger partial charge is 0.309 e. The van der Waals surface area contributed by atoms with Gasteiger partial charge in [-0.25, -0.2) is 15.0 Å². The second-order valence-corrected chi connectivity index (χ2v) is 14.8. The van der Waals surface area contributed by atoms with Crippen LogP contribution in [0, 0.1) is 0 Å². The summed E-state index contributed by atoms with van der Waals surface area (Å²) >= 11 is 0. The second-order valence-electron chi connectivity index (χ2n) is 14.8. The lowest BCUT2D eigenvalue weighted by Gasteiger charge is -2.15. The summed E-state index contributed by atoms with van der Waals surface area (Å²) in [6.45, 7) is 0. The maximum atomic E-state index is 5.19. The van der Waals surface area contributed by atoms with E-state index < -0.39 is 0 Å². The minimum Gasteiger partial charge on any atom is -0.309 e. The van der Waals surface area contributed by atoms with Crippen molar-refractivity contribution in [3.63, 3.8) is 0 Å². The van der Waals surface area contributed by atoms with E-state index in [0.717, 1.165) is 39.1 Å². The number of aromatic nitrogens is 5. The minimum absolute atomic E-state index is 0.615. The fourth-order valence-corrected chi connectivity index (χ4v) is 8.97. The molecule has 0 spiro atoms. The average Bonchev–Trinajstić information content (AvgIpc) is 3.81. The van der Waals surface area contributed by atoms with Gasteiger partial charge in [-0.3, -0.25) is 0 Å². The molecule has 270 valence electrons. The van der Waals surface area contributed by atoms with Gasteiger partial charge in [-0.15, -0.1) is 0 Å². The Kier molecular flexibility index (Phi) is 7.16. The normalized spacial score (nSPS) is 11.8. The summed E-state index contributed by atoms with van der Waals surface area (Å²) in [5.74, 6) is 1.88. The first-order valence-corrected chi connectivity index (χ1v) is 19.6. The molecule has 3 aromatic heterocycles. The van der Waals surface area contributed by atoms with Crippen LogP contribution in [-0.2, 0) is 0 Å². The lowest BCUT2D eigenvalue weighted by Crippen LogP contribution is -2.03. The number of para-hydroxylation sites is 2. The van der Waals surface area contributed by atoms with Crippen LogP contribution in [0.1, 0.15) is 0 Å². The average molecular weight is 740 g/mol. The molecule has 0 radical (unpaired) electrons. The van der Waals surface area contributed by atoms with Gasteiger partial charge < -0.3 is 9.13 Å². The topological polar surface area (TPSA) is 48.5 Å². The van der Waals surface area contributed by atoms with Gasteiger partial charge >= 0.3 is 0 Å². The van der Waals surface area contributed by atoms with E-state index in [0.29, 0.717) is 17.5 Å². The van der Waals surface area contributed by atoms with Crippen molar-refractivity contribution in [3.8, 4) is 45.5 Å². The Bertz CT molecular complexity index is 3510. The summed E-state index contributed by atoms with van der Waals surface area (Å²) in [6.07, 6.45) is 0. The molecule has 0 N–H and O–H groups in total. The van der Waals surface area contributed by atoms with Gasteiger partial charge in [0.15, 0.2) is 17.5 Å². The predicted molar refractivity (Wildman–Crippen MR) is 240 cm³/mol. The van der Waals surface area contributed by atoms with E-state index in [1.807, 2.05) is 36.4 Å². The first-order valence-electron chi connectivity index (χ1n) is 19.6. The standard InChI is InChI=1S/C53H33N5/c1-3-17-35(18-4-1)51-54-52(36-19-5-2-6-20-36)56-53(55-51)41-25-12-14-27-44(41)58-46-29-15-28-45(50(46)42-32-37-21-7-8-22-38(37)33-48(42)58)57-43-26-13-11-24-40(43)49-39-23-10-9-16-34(39)30-31-47(49)57/h1-33H. The molecule has 0 aliphatic carbocycles. The van der Waals surface area contributed by atoms with Crippen molar-refractivity contribution in [3.05, 3.63) is 200 Å². The molecule has 0 atom stereocenters. The van der Waals surface area contributed by atoms with Crippen LogP contribution in [-0.4, -0.2) is 24.1 Å². The third kappa shape index (κ3) is 4.93. The van der Waals surface area contributed by atoms with Crippen LogP contribution in [0.15, 0.2) is 200 Å². The van der Waals surface area contributed by atoms with Crippen LogP contribution in [0.2, 0.25) is 0 Å². The molecule has 0 aliphatic rings. The number of nitrogens with zero attached hydrogens (tertiary/aromatic N) is 5. The Morgan fingerprint density at radius 1 is 0.293 bits per heavy atom. The van der Waals surface area contributed by atoms with Gasteiger partial charge in [0, 0.05) is 38.2 Å². The molecular weight excluding hydrogens is 707 g/mol. The van der Waals surface area contributed by atoms with Crippen LogP contribution in [0.25, 0.3) is 111 Å². The number of fused-ring (bicyclic) bond motifs is 9. The van der Waals surface area contributed by atoms with Crippen LogP contribution < -0.4 is 0 Å². The van der Waals surface area contributed by atoms with E-state index in [1.165, 1.54) is 54.1 Å². The molecule has 12 aromatic rings. The quantitative estimate of drug-likeness (QED) is 0.177. The van der Waals surface area contributed by atoms with Crippen molar-refractivity contribution < 1.29 is 0 Å². The van der Waals surface area contributed by atoms with Crippen molar-refractivity contribution in [1.82, 2.24) is 24.1 Å². The molecule has 0 aliphatic heterocycles. The van der Waals surface area contributed by atoms with E-state index in [4.69, 9.17) is 15.0 Å². The van der Waals surface area contributed by atoms with E-state index in [2.05, 4.69) is 173 Å². The highest BCUT2D eigenvalue weighted by molar-refractivity contribution is 6.23. The van der Waals surface area contributed by atoms with Crippen molar-refractivity contribution in [2.24, 2.45) is 0 Å². The second kappa shape index (κ2) is 12.8. The van der Waals surface area contributed by atoms with E-state index in [9.17, 15) is 0 Å². The van der Waals surface area contributed by atoms with Gasteiger partial charge in [0.2, 0.25) is 0 Å². The zero-order chi connectivity index (χ0) is 38.2. The fraction of sp³-hybridized carbons (Fsp3) is 0. The van der Waals surface area contributed by atoms with E-state index in [-0.39, 0.29) is 0 Å². The van der Waals surface area contributed by atoms with Crippen molar-refractivity contribution in [1.29, 1.82) is 0 Å². The molecule has 0 saturated carbocycles.